The average molecular weight is 248 g/mol. The topological polar surface area (TPSA) is 70.5 Å². The maximum absolute atomic E-state index is 5.55. The van der Waals surface area contributed by atoms with Gasteiger partial charge in [0.25, 0.3) is 0 Å². The zero-order valence-corrected chi connectivity index (χ0v) is 10.5. The maximum Gasteiger partial charge on any atom is 0.170 e. The molecule has 96 valence electrons. The van der Waals surface area contributed by atoms with Crippen molar-refractivity contribution < 1.29 is 14.0 Å². The molecule has 0 atom stereocenters. The Hall–Kier alpha value is -2.01. The third-order valence-electron chi connectivity index (χ3n) is 2.70. The molecule has 0 amide bonds. The highest BCUT2D eigenvalue weighted by Crippen LogP contribution is 2.33. The van der Waals surface area contributed by atoms with Crippen LogP contribution in [0.15, 0.2) is 28.9 Å². The molecule has 1 heterocycles. The van der Waals surface area contributed by atoms with Crippen LogP contribution < -0.4 is 15.2 Å². The van der Waals surface area contributed by atoms with Crippen LogP contribution in [0.1, 0.15) is 5.56 Å². The van der Waals surface area contributed by atoms with E-state index < -0.39 is 0 Å². The molecule has 0 unspecified atom stereocenters. The number of ether oxygens (including phenoxy) is 2. The lowest BCUT2D eigenvalue weighted by molar-refractivity contribution is 0.355. The zero-order valence-electron chi connectivity index (χ0n) is 10.5. The Morgan fingerprint density at radius 3 is 2.67 bits per heavy atom. The number of hydrogen-bond acceptors (Lipinski definition) is 5. The van der Waals surface area contributed by atoms with Gasteiger partial charge in [0.1, 0.15) is 0 Å². The SMILES string of the molecule is COc1ccc(-c2oncc2CCN)cc1OC. The first kappa shape index (κ1) is 12.4. The van der Waals surface area contributed by atoms with Crippen LogP contribution in [-0.2, 0) is 6.42 Å². The van der Waals surface area contributed by atoms with Gasteiger partial charge in [-0.3, -0.25) is 0 Å². The molecule has 0 saturated heterocycles. The predicted octanol–water partition coefficient (Wildman–Crippen LogP) is 1.86. The fourth-order valence-corrected chi connectivity index (χ4v) is 1.81. The molecule has 1 aromatic heterocycles. The normalized spacial score (nSPS) is 10.4. The van der Waals surface area contributed by atoms with Gasteiger partial charge < -0.3 is 19.7 Å². The molecule has 0 aliphatic heterocycles. The van der Waals surface area contributed by atoms with Crippen LogP contribution in [-0.4, -0.2) is 25.9 Å². The van der Waals surface area contributed by atoms with Crippen molar-refractivity contribution in [3.8, 4) is 22.8 Å². The summed E-state index contributed by atoms with van der Waals surface area (Å²) in [5.41, 5.74) is 7.44. The standard InChI is InChI=1S/C13H16N2O3/c1-16-11-4-3-9(7-12(11)17-2)13-10(5-6-14)8-15-18-13/h3-4,7-8H,5-6,14H2,1-2H3. The third-order valence-corrected chi connectivity index (χ3v) is 2.70. The second kappa shape index (κ2) is 5.55. The molecule has 1 aromatic carbocycles. The smallest absolute Gasteiger partial charge is 0.170 e. The van der Waals surface area contributed by atoms with Crippen LogP contribution in [0.3, 0.4) is 0 Å². The number of rotatable bonds is 5. The highest BCUT2D eigenvalue weighted by atomic mass is 16.5. The molecule has 2 rings (SSSR count). The molecule has 0 saturated carbocycles. The Bertz CT molecular complexity index is 523. The van der Waals surface area contributed by atoms with Crippen LogP contribution >= 0.6 is 0 Å². The molecule has 18 heavy (non-hydrogen) atoms. The molecule has 5 heteroatoms. The summed E-state index contributed by atoms with van der Waals surface area (Å²) in [5, 5.41) is 3.81. The summed E-state index contributed by atoms with van der Waals surface area (Å²) < 4.78 is 15.7. The number of methoxy groups -OCH3 is 2. The molecular weight excluding hydrogens is 232 g/mol. The summed E-state index contributed by atoms with van der Waals surface area (Å²) in [6.07, 6.45) is 2.42. The Morgan fingerprint density at radius 2 is 2.00 bits per heavy atom. The molecule has 2 N–H and O–H groups in total. The monoisotopic (exact) mass is 248 g/mol. The lowest BCUT2D eigenvalue weighted by Crippen LogP contribution is -2.02. The first-order valence-electron chi connectivity index (χ1n) is 5.66. The molecule has 2 aromatic rings. The van der Waals surface area contributed by atoms with Gasteiger partial charge in [0.05, 0.1) is 20.4 Å². The summed E-state index contributed by atoms with van der Waals surface area (Å²) in [6, 6.07) is 5.60. The van der Waals surface area contributed by atoms with Gasteiger partial charge in [-0.05, 0) is 31.2 Å². The van der Waals surface area contributed by atoms with Crippen molar-refractivity contribution in [1.82, 2.24) is 5.16 Å². The molecule has 0 aliphatic carbocycles. The van der Waals surface area contributed by atoms with Crippen molar-refractivity contribution in [1.29, 1.82) is 0 Å². The summed E-state index contributed by atoms with van der Waals surface area (Å²) in [4.78, 5) is 0. The summed E-state index contributed by atoms with van der Waals surface area (Å²) >= 11 is 0. The second-order valence-electron chi connectivity index (χ2n) is 3.79. The van der Waals surface area contributed by atoms with E-state index in [1.165, 1.54) is 0 Å². The minimum atomic E-state index is 0.557. The predicted molar refractivity (Wildman–Crippen MR) is 67.8 cm³/mol. The molecule has 0 fully saturated rings. The Labute approximate surface area is 105 Å². The third kappa shape index (κ3) is 2.31. The van der Waals surface area contributed by atoms with Crippen molar-refractivity contribution in [2.75, 3.05) is 20.8 Å². The Kier molecular flexibility index (Phi) is 3.84. The van der Waals surface area contributed by atoms with Crippen LogP contribution in [0.4, 0.5) is 0 Å². The Balaban J connectivity index is 2.41. The quantitative estimate of drug-likeness (QED) is 0.874. The van der Waals surface area contributed by atoms with Gasteiger partial charge in [-0.2, -0.15) is 0 Å². The number of nitrogens with two attached hydrogens (primary N) is 1. The highest BCUT2D eigenvalue weighted by molar-refractivity contribution is 5.65. The van der Waals surface area contributed by atoms with Crippen molar-refractivity contribution >= 4 is 0 Å². The number of benzene rings is 1. The molecule has 0 bridgehead atoms. The first-order chi connectivity index (χ1) is 8.80. The molecular formula is C13H16N2O3. The zero-order chi connectivity index (χ0) is 13.0. The number of nitrogens with zero attached hydrogens (tertiary/aromatic N) is 1. The molecule has 0 aliphatic rings. The van der Waals surface area contributed by atoms with Gasteiger partial charge in [-0.25, -0.2) is 0 Å². The number of hydrogen-bond donors (Lipinski definition) is 1. The maximum atomic E-state index is 5.55. The minimum absolute atomic E-state index is 0.557. The van der Waals surface area contributed by atoms with Crippen molar-refractivity contribution in [2.45, 2.75) is 6.42 Å². The first-order valence-corrected chi connectivity index (χ1v) is 5.66. The lowest BCUT2D eigenvalue weighted by atomic mass is 10.1. The van der Waals surface area contributed by atoms with Gasteiger partial charge in [0.2, 0.25) is 0 Å². The number of aromatic nitrogens is 1. The minimum Gasteiger partial charge on any atom is -0.493 e. The van der Waals surface area contributed by atoms with Gasteiger partial charge in [-0.15, -0.1) is 0 Å². The van der Waals surface area contributed by atoms with E-state index in [4.69, 9.17) is 19.7 Å². The summed E-state index contributed by atoms with van der Waals surface area (Å²) in [6.45, 7) is 0.557. The van der Waals surface area contributed by atoms with Gasteiger partial charge in [0, 0.05) is 11.1 Å². The van der Waals surface area contributed by atoms with E-state index in [0.717, 1.165) is 23.3 Å². The van der Waals surface area contributed by atoms with E-state index in [9.17, 15) is 0 Å². The molecule has 5 nitrogen and oxygen atoms in total. The summed E-state index contributed by atoms with van der Waals surface area (Å²) in [5.74, 6) is 2.06. The fraction of sp³-hybridized carbons (Fsp3) is 0.308. The van der Waals surface area contributed by atoms with Crippen LogP contribution in [0.5, 0.6) is 11.5 Å². The van der Waals surface area contributed by atoms with Crippen LogP contribution in [0, 0.1) is 0 Å². The van der Waals surface area contributed by atoms with Crippen molar-refractivity contribution in [2.24, 2.45) is 5.73 Å². The van der Waals surface area contributed by atoms with Gasteiger partial charge in [-0.1, -0.05) is 5.16 Å². The fourth-order valence-electron chi connectivity index (χ4n) is 1.81. The van der Waals surface area contributed by atoms with E-state index in [2.05, 4.69) is 5.16 Å². The molecule has 0 radical (unpaired) electrons. The van der Waals surface area contributed by atoms with E-state index in [0.29, 0.717) is 18.0 Å². The largest absolute Gasteiger partial charge is 0.493 e. The van der Waals surface area contributed by atoms with Gasteiger partial charge >= 0.3 is 0 Å². The average Bonchev–Trinajstić information content (AvgIpc) is 2.86. The van der Waals surface area contributed by atoms with E-state index in [1.807, 2.05) is 18.2 Å². The second-order valence-corrected chi connectivity index (χ2v) is 3.79. The van der Waals surface area contributed by atoms with Crippen molar-refractivity contribution in [3.05, 3.63) is 30.0 Å². The highest BCUT2D eigenvalue weighted by Gasteiger charge is 2.13. The van der Waals surface area contributed by atoms with E-state index >= 15 is 0 Å². The molecule has 0 spiro atoms. The van der Waals surface area contributed by atoms with E-state index in [-0.39, 0.29) is 0 Å². The lowest BCUT2D eigenvalue weighted by Gasteiger charge is -2.08. The summed E-state index contributed by atoms with van der Waals surface area (Å²) in [7, 11) is 3.20. The van der Waals surface area contributed by atoms with E-state index in [1.54, 1.807) is 20.4 Å². The van der Waals surface area contributed by atoms with Crippen LogP contribution in [0.25, 0.3) is 11.3 Å². The van der Waals surface area contributed by atoms with Gasteiger partial charge in [0.15, 0.2) is 17.3 Å². The van der Waals surface area contributed by atoms with Crippen LogP contribution in [0.2, 0.25) is 0 Å². The van der Waals surface area contributed by atoms with Crippen molar-refractivity contribution in [3.63, 3.8) is 0 Å². The Morgan fingerprint density at radius 1 is 1.22 bits per heavy atom.